The standard InChI is InChI=1S/C12H21NO/c13-9-12(6-1-2-7-12)11(14)8-10-4-3-5-10/h10H,1-9,13H2. The van der Waals surface area contributed by atoms with E-state index >= 15 is 0 Å². The zero-order valence-corrected chi connectivity index (χ0v) is 8.93. The zero-order chi connectivity index (χ0) is 10.0. The maximum absolute atomic E-state index is 12.1. The highest BCUT2D eigenvalue weighted by Gasteiger charge is 2.40. The highest BCUT2D eigenvalue weighted by Crippen LogP contribution is 2.41. The van der Waals surface area contributed by atoms with Crippen LogP contribution in [0.3, 0.4) is 0 Å². The van der Waals surface area contributed by atoms with E-state index in [-0.39, 0.29) is 5.41 Å². The normalized spacial score (nSPS) is 26.1. The smallest absolute Gasteiger partial charge is 0.140 e. The molecule has 2 aliphatic rings. The fraction of sp³-hybridized carbons (Fsp3) is 0.917. The van der Waals surface area contributed by atoms with Crippen molar-refractivity contribution in [1.29, 1.82) is 0 Å². The van der Waals surface area contributed by atoms with Gasteiger partial charge in [-0.1, -0.05) is 32.1 Å². The number of nitrogens with two attached hydrogens (primary N) is 1. The Hall–Kier alpha value is -0.370. The molecule has 0 aromatic heterocycles. The second-order valence-corrected chi connectivity index (χ2v) is 5.12. The summed E-state index contributed by atoms with van der Waals surface area (Å²) < 4.78 is 0. The predicted molar refractivity (Wildman–Crippen MR) is 56.9 cm³/mol. The van der Waals surface area contributed by atoms with Crippen molar-refractivity contribution in [1.82, 2.24) is 0 Å². The summed E-state index contributed by atoms with van der Waals surface area (Å²) >= 11 is 0. The molecule has 2 N–H and O–H groups in total. The van der Waals surface area contributed by atoms with E-state index in [1.165, 1.54) is 32.1 Å². The molecule has 0 heterocycles. The van der Waals surface area contributed by atoms with Crippen molar-refractivity contribution >= 4 is 5.78 Å². The minimum Gasteiger partial charge on any atom is -0.329 e. The molecule has 0 aromatic rings. The minimum absolute atomic E-state index is 0.102. The maximum Gasteiger partial charge on any atom is 0.140 e. The van der Waals surface area contributed by atoms with Gasteiger partial charge in [0, 0.05) is 18.4 Å². The van der Waals surface area contributed by atoms with Crippen LogP contribution < -0.4 is 5.73 Å². The first kappa shape index (κ1) is 10.2. The molecule has 2 heteroatoms. The Bertz CT molecular complexity index is 214. The van der Waals surface area contributed by atoms with Gasteiger partial charge in [-0.3, -0.25) is 4.79 Å². The van der Waals surface area contributed by atoms with E-state index in [0.29, 0.717) is 18.2 Å². The van der Waals surface area contributed by atoms with Gasteiger partial charge in [0.1, 0.15) is 5.78 Å². The van der Waals surface area contributed by atoms with E-state index in [2.05, 4.69) is 0 Å². The Balaban J connectivity index is 1.92. The molecule has 0 amide bonds. The van der Waals surface area contributed by atoms with Crippen LogP contribution in [0.25, 0.3) is 0 Å². The van der Waals surface area contributed by atoms with Crippen molar-refractivity contribution < 1.29 is 4.79 Å². The van der Waals surface area contributed by atoms with Gasteiger partial charge in [0.15, 0.2) is 0 Å². The average Bonchev–Trinajstić information content (AvgIpc) is 2.60. The van der Waals surface area contributed by atoms with E-state index in [4.69, 9.17) is 5.73 Å². The van der Waals surface area contributed by atoms with E-state index in [1.54, 1.807) is 0 Å². The van der Waals surface area contributed by atoms with Gasteiger partial charge < -0.3 is 5.73 Å². The molecule has 0 radical (unpaired) electrons. The molecule has 14 heavy (non-hydrogen) atoms. The second kappa shape index (κ2) is 4.01. The Morgan fingerprint density at radius 2 is 1.86 bits per heavy atom. The molecule has 0 bridgehead atoms. The summed E-state index contributed by atoms with van der Waals surface area (Å²) in [6.07, 6.45) is 9.19. The number of Topliss-reactive ketones (excluding diaryl/α,β-unsaturated/α-hetero) is 1. The van der Waals surface area contributed by atoms with Crippen LogP contribution in [0.4, 0.5) is 0 Å². The van der Waals surface area contributed by atoms with E-state index < -0.39 is 0 Å². The number of hydrogen-bond acceptors (Lipinski definition) is 2. The van der Waals surface area contributed by atoms with Crippen LogP contribution in [0.5, 0.6) is 0 Å². The molecule has 2 aliphatic carbocycles. The van der Waals surface area contributed by atoms with Gasteiger partial charge >= 0.3 is 0 Å². The van der Waals surface area contributed by atoms with Crippen molar-refractivity contribution in [2.75, 3.05) is 6.54 Å². The topological polar surface area (TPSA) is 43.1 Å². The summed E-state index contributed by atoms with van der Waals surface area (Å²) in [7, 11) is 0. The van der Waals surface area contributed by atoms with Crippen molar-refractivity contribution in [3.05, 3.63) is 0 Å². The minimum atomic E-state index is -0.102. The zero-order valence-electron chi connectivity index (χ0n) is 8.93. The fourth-order valence-electron chi connectivity index (χ4n) is 2.82. The summed E-state index contributed by atoms with van der Waals surface area (Å²) in [5.74, 6) is 1.17. The monoisotopic (exact) mass is 195 g/mol. The van der Waals surface area contributed by atoms with Crippen molar-refractivity contribution in [3.63, 3.8) is 0 Å². The highest BCUT2D eigenvalue weighted by molar-refractivity contribution is 5.85. The highest BCUT2D eigenvalue weighted by atomic mass is 16.1. The number of hydrogen-bond donors (Lipinski definition) is 1. The largest absolute Gasteiger partial charge is 0.329 e. The van der Waals surface area contributed by atoms with Crippen LogP contribution in [0.2, 0.25) is 0 Å². The summed E-state index contributed by atoms with van der Waals surface area (Å²) in [5, 5.41) is 0. The molecular weight excluding hydrogens is 174 g/mol. The van der Waals surface area contributed by atoms with Gasteiger partial charge in [-0.15, -0.1) is 0 Å². The Morgan fingerprint density at radius 1 is 1.21 bits per heavy atom. The van der Waals surface area contributed by atoms with Crippen LogP contribution in [-0.4, -0.2) is 12.3 Å². The molecule has 0 spiro atoms. The first-order chi connectivity index (χ1) is 6.77. The maximum atomic E-state index is 12.1. The Labute approximate surface area is 86.2 Å². The van der Waals surface area contributed by atoms with Crippen LogP contribution >= 0.6 is 0 Å². The molecular formula is C12H21NO. The molecule has 0 aliphatic heterocycles. The molecule has 2 rings (SSSR count). The van der Waals surface area contributed by atoms with Gasteiger partial charge in [0.05, 0.1) is 0 Å². The lowest BCUT2D eigenvalue weighted by atomic mass is 9.73. The molecule has 0 aromatic carbocycles. The molecule has 2 saturated carbocycles. The first-order valence-corrected chi connectivity index (χ1v) is 6.00. The Morgan fingerprint density at radius 3 is 2.29 bits per heavy atom. The van der Waals surface area contributed by atoms with Crippen LogP contribution in [0, 0.1) is 11.3 Å². The second-order valence-electron chi connectivity index (χ2n) is 5.12. The van der Waals surface area contributed by atoms with Gasteiger partial charge in [0.2, 0.25) is 0 Å². The van der Waals surface area contributed by atoms with E-state index in [9.17, 15) is 4.79 Å². The number of ketones is 1. The van der Waals surface area contributed by atoms with Gasteiger partial charge in [-0.25, -0.2) is 0 Å². The van der Waals surface area contributed by atoms with E-state index in [0.717, 1.165) is 19.3 Å². The summed E-state index contributed by atoms with van der Waals surface area (Å²) in [5.41, 5.74) is 5.68. The van der Waals surface area contributed by atoms with Crippen LogP contribution in [-0.2, 0) is 4.79 Å². The molecule has 2 nitrogen and oxygen atoms in total. The van der Waals surface area contributed by atoms with Crippen LogP contribution in [0.15, 0.2) is 0 Å². The SMILES string of the molecule is NCC1(C(=O)CC2CCC2)CCCC1. The number of rotatable bonds is 4. The molecule has 0 atom stereocenters. The number of carbonyl (C=O) groups is 1. The van der Waals surface area contributed by atoms with E-state index in [1.807, 2.05) is 0 Å². The predicted octanol–water partition coefficient (Wildman–Crippen LogP) is 2.26. The average molecular weight is 195 g/mol. The first-order valence-electron chi connectivity index (χ1n) is 6.00. The summed E-state index contributed by atoms with van der Waals surface area (Å²) in [6, 6.07) is 0. The third kappa shape index (κ3) is 1.72. The third-order valence-electron chi connectivity index (χ3n) is 4.24. The van der Waals surface area contributed by atoms with Gasteiger partial charge in [0.25, 0.3) is 0 Å². The molecule has 2 fully saturated rings. The van der Waals surface area contributed by atoms with Crippen molar-refractivity contribution in [2.24, 2.45) is 17.1 Å². The Kier molecular flexibility index (Phi) is 2.91. The van der Waals surface area contributed by atoms with Gasteiger partial charge in [-0.05, 0) is 18.8 Å². The van der Waals surface area contributed by atoms with Crippen LogP contribution in [0.1, 0.15) is 51.4 Å². The molecule has 0 unspecified atom stereocenters. The lowest BCUT2D eigenvalue weighted by molar-refractivity contribution is -0.129. The lowest BCUT2D eigenvalue weighted by Crippen LogP contribution is -2.37. The summed E-state index contributed by atoms with van der Waals surface area (Å²) in [6.45, 7) is 0.582. The third-order valence-corrected chi connectivity index (χ3v) is 4.24. The van der Waals surface area contributed by atoms with Gasteiger partial charge in [-0.2, -0.15) is 0 Å². The van der Waals surface area contributed by atoms with Crippen molar-refractivity contribution in [3.8, 4) is 0 Å². The lowest BCUT2D eigenvalue weighted by Gasteiger charge is -2.31. The molecule has 0 saturated heterocycles. The van der Waals surface area contributed by atoms with Crippen molar-refractivity contribution in [2.45, 2.75) is 51.4 Å². The quantitative estimate of drug-likeness (QED) is 0.747. The fourth-order valence-corrected chi connectivity index (χ4v) is 2.82. The molecule has 80 valence electrons. The summed E-state index contributed by atoms with van der Waals surface area (Å²) in [4.78, 5) is 12.1. The number of carbonyl (C=O) groups excluding carboxylic acids is 1.